The van der Waals surface area contributed by atoms with Gasteiger partial charge in [-0.1, -0.05) is 116 Å². The van der Waals surface area contributed by atoms with Crippen molar-refractivity contribution in [1.82, 2.24) is 0 Å². The van der Waals surface area contributed by atoms with Crippen LogP contribution in [0.2, 0.25) is 5.04 Å². The normalized spacial score (nSPS) is 21.7. The highest BCUT2D eigenvalue weighted by molar-refractivity contribution is 6.99. The third kappa shape index (κ3) is 10.4. The first-order valence-corrected chi connectivity index (χ1v) is 19.5. The highest BCUT2D eigenvalue weighted by atomic mass is 28.4. The maximum atomic E-state index is 7.66. The third-order valence-corrected chi connectivity index (χ3v) is 14.6. The molecule has 2 fully saturated rings. The van der Waals surface area contributed by atoms with Crippen LogP contribution in [-0.4, -0.2) is 45.6 Å². The summed E-state index contributed by atoms with van der Waals surface area (Å²) in [6.45, 7) is 19.6. The number of hydrogen-bond acceptors (Lipinski definition) is 4. The largest absolute Gasteiger partial charge is 0.401 e. The fraction of sp³-hybridized carbons (Fsp3) is 0.561. The molecule has 2 heterocycles. The predicted molar refractivity (Wildman–Crippen MR) is 195 cm³/mol. The molecule has 0 saturated carbocycles. The molecular weight excluding hydrogens is 585 g/mol. The SMILES string of the molecule is C/C(=C\C(C/C(C)=C/COC1CCCCO1)O[Si](c1ccccc1)(c1ccccc1)C(C)(C)C)CC/C=C(\C)CCC1OC1(C)C. The zero-order chi connectivity index (χ0) is 33.2. The van der Waals surface area contributed by atoms with Crippen LogP contribution in [0.3, 0.4) is 0 Å². The van der Waals surface area contributed by atoms with E-state index in [-0.39, 0.29) is 23.0 Å². The van der Waals surface area contributed by atoms with E-state index < -0.39 is 8.32 Å². The van der Waals surface area contributed by atoms with E-state index in [0.29, 0.717) is 12.7 Å². The summed E-state index contributed by atoms with van der Waals surface area (Å²) in [5.41, 5.74) is 4.18. The van der Waals surface area contributed by atoms with E-state index in [9.17, 15) is 0 Å². The summed E-state index contributed by atoms with van der Waals surface area (Å²) in [5.74, 6) is 0. The second-order valence-electron chi connectivity index (χ2n) is 15.1. The van der Waals surface area contributed by atoms with Gasteiger partial charge in [0.05, 0.1) is 24.4 Å². The van der Waals surface area contributed by atoms with Crippen LogP contribution in [0.4, 0.5) is 0 Å². The molecule has 0 bridgehead atoms. The summed E-state index contributed by atoms with van der Waals surface area (Å²) in [4.78, 5) is 0. The Labute approximate surface area is 281 Å². The van der Waals surface area contributed by atoms with Gasteiger partial charge in [0.1, 0.15) is 0 Å². The van der Waals surface area contributed by atoms with Gasteiger partial charge >= 0.3 is 0 Å². The van der Waals surface area contributed by atoms with Gasteiger partial charge in [0.15, 0.2) is 6.29 Å². The standard InChI is InChI=1S/C41H60O4Si/c1-32(25-26-38-41(7,8)44-38)18-17-19-33(2)30-35(31-34(3)27-29-43-39-24-15-16-28-42-39)45-46(40(4,5)6,36-20-11-9-12-21-36)37-22-13-10-14-23-37/h9-14,18,20-23,27,30,35,38-39H,15-17,19,24-26,28-29,31H2,1-8H3/b32-18+,33-30+,34-27+. The molecule has 0 radical (unpaired) electrons. The van der Waals surface area contributed by atoms with E-state index in [0.717, 1.165) is 51.6 Å². The molecule has 3 atom stereocenters. The first-order valence-electron chi connectivity index (χ1n) is 17.6. The smallest absolute Gasteiger partial charge is 0.261 e. The van der Waals surface area contributed by atoms with Gasteiger partial charge < -0.3 is 18.6 Å². The quantitative estimate of drug-likeness (QED) is 0.104. The van der Waals surface area contributed by atoms with E-state index in [1.807, 2.05) is 0 Å². The Bertz CT molecular complexity index is 1260. The summed E-state index contributed by atoms with van der Waals surface area (Å²) < 4.78 is 25.3. The van der Waals surface area contributed by atoms with Gasteiger partial charge in [0, 0.05) is 6.61 Å². The Morgan fingerprint density at radius 3 is 2.07 bits per heavy atom. The zero-order valence-electron chi connectivity index (χ0n) is 29.9. The number of rotatable bonds is 16. The van der Waals surface area contributed by atoms with Crippen molar-refractivity contribution in [2.24, 2.45) is 0 Å². The van der Waals surface area contributed by atoms with Crippen LogP contribution >= 0.6 is 0 Å². The molecule has 2 aliphatic heterocycles. The average Bonchev–Trinajstić information content (AvgIpc) is 3.65. The van der Waals surface area contributed by atoms with Crippen LogP contribution in [0.25, 0.3) is 0 Å². The molecule has 0 aliphatic carbocycles. The minimum absolute atomic E-state index is 0.0622. The van der Waals surface area contributed by atoms with Gasteiger partial charge in [0.25, 0.3) is 8.32 Å². The molecule has 4 nitrogen and oxygen atoms in total. The summed E-state index contributed by atoms with van der Waals surface area (Å²) in [5, 5.41) is 2.53. The summed E-state index contributed by atoms with van der Waals surface area (Å²) >= 11 is 0. The first kappa shape index (κ1) is 36.6. The third-order valence-electron chi connectivity index (χ3n) is 9.59. The van der Waals surface area contributed by atoms with Crippen molar-refractivity contribution >= 4 is 18.7 Å². The topological polar surface area (TPSA) is 40.2 Å². The van der Waals surface area contributed by atoms with Crippen molar-refractivity contribution in [3.63, 3.8) is 0 Å². The van der Waals surface area contributed by atoms with Gasteiger partial charge in [0.2, 0.25) is 0 Å². The molecular formula is C41H60O4Si. The van der Waals surface area contributed by atoms with Crippen LogP contribution in [0.1, 0.15) is 107 Å². The van der Waals surface area contributed by atoms with Crippen LogP contribution in [0.5, 0.6) is 0 Å². The van der Waals surface area contributed by atoms with Gasteiger partial charge in [-0.25, -0.2) is 0 Å². The minimum atomic E-state index is -2.73. The Kier molecular flexibility index (Phi) is 13.3. The van der Waals surface area contributed by atoms with E-state index in [1.165, 1.54) is 33.5 Å². The van der Waals surface area contributed by atoms with Gasteiger partial charge in [-0.05, 0) is 101 Å². The fourth-order valence-electron chi connectivity index (χ4n) is 6.74. The van der Waals surface area contributed by atoms with Crippen LogP contribution in [0.15, 0.2) is 95.6 Å². The lowest BCUT2D eigenvalue weighted by atomic mass is 10.0. The maximum Gasteiger partial charge on any atom is 0.261 e. The molecule has 0 aromatic heterocycles. The Hall–Kier alpha value is -2.28. The highest BCUT2D eigenvalue weighted by Gasteiger charge is 2.51. The lowest BCUT2D eigenvalue weighted by Crippen LogP contribution is -2.67. The van der Waals surface area contributed by atoms with E-state index in [4.69, 9.17) is 18.6 Å². The van der Waals surface area contributed by atoms with E-state index in [2.05, 4.69) is 134 Å². The molecule has 2 aromatic carbocycles. The van der Waals surface area contributed by atoms with Gasteiger partial charge in [-0.15, -0.1) is 0 Å². The van der Waals surface area contributed by atoms with Gasteiger partial charge in [-0.3, -0.25) is 0 Å². The number of ether oxygens (including phenoxy) is 3. The van der Waals surface area contributed by atoms with E-state index >= 15 is 0 Å². The molecule has 0 N–H and O–H groups in total. The molecule has 2 aromatic rings. The lowest BCUT2D eigenvalue weighted by molar-refractivity contribution is -0.155. The highest BCUT2D eigenvalue weighted by Crippen LogP contribution is 2.40. The monoisotopic (exact) mass is 644 g/mol. The molecule has 0 amide bonds. The molecule has 3 unspecified atom stereocenters. The van der Waals surface area contributed by atoms with Crippen molar-refractivity contribution in [2.45, 2.75) is 136 Å². The number of epoxide rings is 1. The first-order chi connectivity index (χ1) is 21.9. The Morgan fingerprint density at radius 2 is 1.52 bits per heavy atom. The van der Waals surface area contributed by atoms with Gasteiger partial charge in [-0.2, -0.15) is 0 Å². The second kappa shape index (κ2) is 16.7. The van der Waals surface area contributed by atoms with Crippen molar-refractivity contribution < 1.29 is 18.6 Å². The molecule has 4 rings (SSSR count). The maximum absolute atomic E-state index is 7.66. The molecule has 2 aliphatic rings. The Balaban J connectivity index is 1.57. The fourth-order valence-corrected chi connectivity index (χ4v) is 11.4. The molecule has 252 valence electrons. The van der Waals surface area contributed by atoms with Crippen molar-refractivity contribution in [3.05, 3.63) is 95.6 Å². The van der Waals surface area contributed by atoms with Crippen LogP contribution < -0.4 is 10.4 Å². The summed E-state index contributed by atoms with van der Waals surface area (Å²) in [6, 6.07) is 22.0. The van der Waals surface area contributed by atoms with Crippen molar-refractivity contribution in [2.75, 3.05) is 13.2 Å². The number of hydrogen-bond donors (Lipinski definition) is 0. The van der Waals surface area contributed by atoms with Crippen molar-refractivity contribution in [3.8, 4) is 0 Å². The Morgan fingerprint density at radius 1 is 0.891 bits per heavy atom. The predicted octanol–water partition coefficient (Wildman–Crippen LogP) is 9.44. The van der Waals surface area contributed by atoms with E-state index in [1.54, 1.807) is 0 Å². The molecule has 2 saturated heterocycles. The average molecular weight is 645 g/mol. The molecule has 46 heavy (non-hydrogen) atoms. The van der Waals surface area contributed by atoms with Crippen LogP contribution in [-0.2, 0) is 18.6 Å². The summed E-state index contributed by atoms with van der Waals surface area (Å²) in [6.07, 6.45) is 15.7. The summed E-state index contributed by atoms with van der Waals surface area (Å²) in [7, 11) is -2.73. The minimum Gasteiger partial charge on any atom is -0.401 e. The zero-order valence-corrected chi connectivity index (χ0v) is 30.9. The molecule has 0 spiro atoms. The van der Waals surface area contributed by atoms with Crippen molar-refractivity contribution in [1.29, 1.82) is 0 Å². The lowest BCUT2D eigenvalue weighted by Gasteiger charge is -2.45. The molecule has 5 heteroatoms. The van der Waals surface area contributed by atoms with Crippen LogP contribution in [0, 0.1) is 0 Å². The number of allylic oxidation sites excluding steroid dienone is 3. The second-order valence-corrected chi connectivity index (χ2v) is 19.3. The number of benzene rings is 2.